The fourth-order valence-electron chi connectivity index (χ4n) is 3.12. The van der Waals surface area contributed by atoms with Gasteiger partial charge in [-0.25, -0.2) is 0 Å². The Morgan fingerprint density at radius 1 is 1.03 bits per heavy atom. The Hall–Kier alpha value is -3.35. The van der Waals surface area contributed by atoms with Crippen LogP contribution in [0.5, 0.6) is 11.5 Å². The van der Waals surface area contributed by atoms with E-state index >= 15 is 0 Å². The largest absolute Gasteiger partial charge is 0.497 e. The Labute approximate surface area is 169 Å². The van der Waals surface area contributed by atoms with Crippen molar-refractivity contribution >= 4 is 23.3 Å². The Kier molecular flexibility index (Phi) is 6.49. The summed E-state index contributed by atoms with van der Waals surface area (Å²) in [5.74, 6) is -0.258. The van der Waals surface area contributed by atoms with Crippen LogP contribution in [-0.2, 0) is 14.3 Å². The average Bonchev–Trinajstić information content (AvgIpc) is 3.14. The van der Waals surface area contributed by atoms with Crippen molar-refractivity contribution < 1.29 is 28.6 Å². The summed E-state index contributed by atoms with van der Waals surface area (Å²) >= 11 is 0. The number of rotatable bonds is 8. The van der Waals surface area contributed by atoms with Crippen LogP contribution in [0.25, 0.3) is 0 Å². The van der Waals surface area contributed by atoms with E-state index in [2.05, 4.69) is 0 Å². The minimum absolute atomic E-state index is 0.0583. The lowest BCUT2D eigenvalue weighted by Crippen LogP contribution is -2.27. The number of anilines is 1. The van der Waals surface area contributed by atoms with Gasteiger partial charge >= 0.3 is 5.97 Å². The number of Topliss-reactive ketones (excluding diaryl/α,β-unsaturated/α-hetero) is 1. The minimum Gasteiger partial charge on any atom is -0.497 e. The quantitative estimate of drug-likeness (QED) is 0.503. The maximum Gasteiger partial charge on any atom is 0.311 e. The number of amides is 1. The number of benzene rings is 2. The number of nitrogens with zero attached hydrogens (tertiary/aromatic N) is 1. The molecule has 0 aliphatic carbocycles. The number of hydrogen-bond acceptors (Lipinski definition) is 6. The molecule has 0 bridgehead atoms. The molecule has 0 unspecified atom stereocenters. The third-order valence-electron chi connectivity index (χ3n) is 4.68. The number of carbonyl (C=O) groups excluding carboxylic acids is 3. The molecule has 1 aliphatic heterocycles. The molecule has 1 amide bonds. The Bertz CT molecular complexity index is 875. The first-order valence-electron chi connectivity index (χ1n) is 9.39. The van der Waals surface area contributed by atoms with E-state index in [1.807, 2.05) is 6.92 Å². The third-order valence-corrected chi connectivity index (χ3v) is 4.68. The van der Waals surface area contributed by atoms with Crippen LogP contribution in [-0.4, -0.2) is 44.5 Å². The second-order valence-corrected chi connectivity index (χ2v) is 6.59. The molecule has 1 heterocycles. The Morgan fingerprint density at radius 2 is 1.69 bits per heavy atom. The predicted molar refractivity (Wildman–Crippen MR) is 106 cm³/mol. The second-order valence-electron chi connectivity index (χ2n) is 6.59. The number of esters is 1. The van der Waals surface area contributed by atoms with Crippen LogP contribution in [0.2, 0.25) is 0 Å². The summed E-state index contributed by atoms with van der Waals surface area (Å²) in [6, 6.07) is 13.7. The fraction of sp³-hybridized carbons (Fsp3) is 0.318. The van der Waals surface area contributed by atoms with Gasteiger partial charge in [-0.15, -0.1) is 0 Å². The number of ketones is 1. The van der Waals surface area contributed by atoms with E-state index in [1.165, 1.54) is 7.11 Å². The fourth-order valence-corrected chi connectivity index (χ4v) is 3.12. The van der Waals surface area contributed by atoms with Crippen molar-refractivity contribution in [2.24, 2.45) is 5.92 Å². The highest BCUT2D eigenvalue weighted by atomic mass is 16.5. The monoisotopic (exact) mass is 397 g/mol. The molecule has 1 fully saturated rings. The highest BCUT2D eigenvalue weighted by molar-refractivity contribution is 6.01. The van der Waals surface area contributed by atoms with Crippen molar-refractivity contribution in [1.29, 1.82) is 0 Å². The average molecular weight is 397 g/mol. The van der Waals surface area contributed by atoms with Gasteiger partial charge in [-0.2, -0.15) is 0 Å². The van der Waals surface area contributed by atoms with E-state index in [4.69, 9.17) is 14.2 Å². The maximum absolute atomic E-state index is 12.3. The van der Waals surface area contributed by atoms with Gasteiger partial charge in [0.25, 0.3) is 0 Å². The molecule has 152 valence electrons. The van der Waals surface area contributed by atoms with Crippen molar-refractivity contribution in [3.63, 3.8) is 0 Å². The molecule has 2 aromatic rings. The second kappa shape index (κ2) is 9.23. The van der Waals surface area contributed by atoms with E-state index in [-0.39, 0.29) is 31.3 Å². The van der Waals surface area contributed by atoms with Crippen molar-refractivity contribution in [3.05, 3.63) is 54.1 Å². The molecular formula is C22H23NO6. The number of methoxy groups -OCH3 is 1. The van der Waals surface area contributed by atoms with Gasteiger partial charge < -0.3 is 19.1 Å². The summed E-state index contributed by atoms with van der Waals surface area (Å²) in [4.78, 5) is 38.4. The van der Waals surface area contributed by atoms with Crippen LogP contribution in [0.4, 0.5) is 5.69 Å². The first kappa shape index (κ1) is 20.4. The normalized spacial score (nSPS) is 15.9. The number of carbonyl (C=O) groups is 3. The minimum atomic E-state index is -0.599. The van der Waals surface area contributed by atoms with Crippen molar-refractivity contribution in [2.75, 3.05) is 31.8 Å². The van der Waals surface area contributed by atoms with E-state index in [9.17, 15) is 14.4 Å². The van der Waals surface area contributed by atoms with Crippen LogP contribution in [0.15, 0.2) is 48.5 Å². The molecule has 1 aliphatic rings. The molecule has 0 spiro atoms. The standard InChI is InChI=1S/C22H23NO6/c1-3-28-19-10-6-17(7-11-19)23-13-16(12-21(23)25)22(26)29-14-20(24)15-4-8-18(27-2)9-5-15/h4-11,16H,3,12-14H2,1-2H3/t16-/m1/s1. The zero-order valence-corrected chi connectivity index (χ0v) is 16.4. The first-order valence-corrected chi connectivity index (χ1v) is 9.39. The van der Waals surface area contributed by atoms with Gasteiger partial charge in [0.05, 0.1) is 19.6 Å². The summed E-state index contributed by atoms with van der Waals surface area (Å²) in [5, 5.41) is 0. The van der Waals surface area contributed by atoms with Gasteiger partial charge in [0.15, 0.2) is 12.4 Å². The van der Waals surface area contributed by atoms with Crippen LogP contribution >= 0.6 is 0 Å². The Morgan fingerprint density at radius 3 is 2.31 bits per heavy atom. The topological polar surface area (TPSA) is 82.1 Å². The molecule has 0 N–H and O–H groups in total. The summed E-state index contributed by atoms with van der Waals surface area (Å²) in [5.41, 5.74) is 1.13. The predicted octanol–water partition coefficient (Wildman–Crippen LogP) is 2.87. The van der Waals surface area contributed by atoms with Crippen LogP contribution in [0, 0.1) is 5.92 Å². The van der Waals surface area contributed by atoms with Gasteiger partial charge in [0.1, 0.15) is 11.5 Å². The lowest BCUT2D eigenvalue weighted by Gasteiger charge is -2.17. The molecule has 7 heteroatoms. The lowest BCUT2D eigenvalue weighted by molar-refractivity contribution is -0.147. The highest BCUT2D eigenvalue weighted by Gasteiger charge is 2.36. The van der Waals surface area contributed by atoms with Crippen LogP contribution in [0.1, 0.15) is 23.7 Å². The Balaban J connectivity index is 1.54. The molecular weight excluding hydrogens is 374 g/mol. The molecule has 29 heavy (non-hydrogen) atoms. The van der Waals surface area contributed by atoms with E-state index in [0.717, 1.165) is 5.75 Å². The first-order chi connectivity index (χ1) is 14.0. The number of hydrogen-bond donors (Lipinski definition) is 0. The lowest BCUT2D eigenvalue weighted by atomic mass is 10.1. The molecule has 7 nitrogen and oxygen atoms in total. The van der Waals surface area contributed by atoms with Crippen molar-refractivity contribution in [3.8, 4) is 11.5 Å². The highest BCUT2D eigenvalue weighted by Crippen LogP contribution is 2.27. The zero-order chi connectivity index (χ0) is 20.8. The van der Waals surface area contributed by atoms with Gasteiger partial charge in [-0.05, 0) is 55.5 Å². The summed E-state index contributed by atoms with van der Waals surface area (Å²) in [6.45, 7) is 2.32. The van der Waals surface area contributed by atoms with Gasteiger partial charge in [0, 0.05) is 24.2 Å². The van der Waals surface area contributed by atoms with Crippen LogP contribution in [0.3, 0.4) is 0 Å². The van der Waals surface area contributed by atoms with E-state index in [1.54, 1.807) is 53.4 Å². The molecule has 1 atom stereocenters. The van der Waals surface area contributed by atoms with Gasteiger partial charge in [0.2, 0.25) is 5.91 Å². The summed E-state index contributed by atoms with van der Waals surface area (Å²) < 4.78 is 15.6. The summed E-state index contributed by atoms with van der Waals surface area (Å²) in [6.07, 6.45) is 0.0583. The maximum atomic E-state index is 12.3. The van der Waals surface area contributed by atoms with E-state index in [0.29, 0.717) is 23.6 Å². The SMILES string of the molecule is CCOc1ccc(N2C[C@H](C(=O)OCC(=O)c3ccc(OC)cc3)CC2=O)cc1. The summed E-state index contributed by atoms with van der Waals surface area (Å²) in [7, 11) is 1.54. The molecule has 0 aromatic heterocycles. The number of ether oxygens (including phenoxy) is 3. The van der Waals surface area contributed by atoms with Gasteiger partial charge in [-0.3, -0.25) is 14.4 Å². The van der Waals surface area contributed by atoms with Gasteiger partial charge in [-0.1, -0.05) is 0 Å². The molecule has 3 rings (SSSR count). The smallest absolute Gasteiger partial charge is 0.311 e. The van der Waals surface area contributed by atoms with Crippen LogP contribution < -0.4 is 14.4 Å². The van der Waals surface area contributed by atoms with Crippen molar-refractivity contribution in [1.82, 2.24) is 0 Å². The zero-order valence-electron chi connectivity index (χ0n) is 16.4. The third kappa shape index (κ3) is 4.93. The molecule has 0 radical (unpaired) electrons. The van der Waals surface area contributed by atoms with Crippen molar-refractivity contribution in [2.45, 2.75) is 13.3 Å². The van der Waals surface area contributed by atoms with E-state index < -0.39 is 11.9 Å². The molecule has 0 saturated carbocycles. The molecule has 1 saturated heterocycles. The molecule has 2 aromatic carbocycles.